The first-order chi connectivity index (χ1) is 8.22. The van der Waals surface area contributed by atoms with E-state index >= 15 is 0 Å². The van der Waals surface area contributed by atoms with Crippen molar-refractivity contribution in [1.29, 1.82) is 0 Å². The van der Waals surface area contributed by atoms with Crippen molar-refractivity contribution in [3.8, 4) is 0 Å². The van der Waals surface area contributed by atoms with Crippen LogP contribution in [0.4, 0.5) is 0 Å². The molecule has 0 bridgehead atoms. The second-order valence-electron chi connectivity index (χ2n) is 6.73. The second kappa shape index (κ2) is 4.55. The minimum atomic E-state index is -1.02. The van der Waals surface area contributed by atoms with E-state index in [9.17, 15) is 4.55 Å². The number of hydrogen-bond acceptors (Lipinski definition) is 2. The van der Waals surface area contributed by atoms with E-state index in [0.29, 0.717) is 0 Å². The lowest BCUT2D eigenvalue weighted by Crippen LogP contribution is -2.41. The fourth-order valence-electron chi connectivity index (χ4n) is 2.56. The summed E-state index contributed by atoms with van der Waals surface area (Å²) in [4.78, 5) is 0. The monoisotopic (exact) mass is 265 g/mol. The summed E-state index contributed by atoms with van der Waals surface area (Å²) >= 11 is -1.02. The second-order valence-corrected chi connectivity index (χ2v) is 8.72. The Bertz CT molecular complexity index is 436. The van der Waals surface area contributed by atoms with Gasteiger partial charge in [0.2, 0.25) is 0 Å². The van der Waals surface area contributed by atoms with Crippen molar-refractivity contribution in [3.05, 3.63) is 35.4 Å². The lowest BCUT2D eigenvalue weighted by Gasteiger charge is -2.27. The SMILES string of the molecule is CC1(C)CC(N[S+]([O-])C(C)(C)C)c2ccccc21. The van der Waals surface area contributed by atoms with E-state index in [4.69, 9.17) is 0 Å². The normalized spacial score (nSPS) is 23.8. The van der Waals surface area contributed by atoms with Gasteiger partial charge in [-0.05, 0) is 43.7 Å². The largest absolute Gasteiger partial charge is 0.598 e. The zero-order valence-corrected chi connectivity index (χ0v) is 12.7. The number of fused-ring (bicyclic) bond motifs is 1. The fraction of sp³-hybridized carbons (Fsp3) is 0.600. The predicted octanol–water partition coefficient (Wildman–Crippen LogP) is 3.46. The molecule has 2 unspecified atom stereocenters. The first-order valence-electron chi connectivity index (χ1n) is 6.49. The average molecular weight is 265 g/mol. The summed E-state index contributed by atoms with van der Waals surface area (Å²) in [6.45, 7) is 10.5. The summed E-state index contributed by atoms with van der Waals surface area (Å²) in [5.41, 5.74) is 2.85. The van der Waals surface area contributed by atoms with Crippen molar-refractivity contribution in [1.82, 2.24) is 4.72 Å². The van der Waals surface area contributed by atoms with Crippen LogP contribution in [0.25, 0.3) is 0 Å². The van der Waals surface area contributed by atoms with Crippen LogP contribution in [0.3, 0.4) is 0 Å². The van der Waals surface area contributed by atoms with E-state index in [1.54, 1.807) is 0 Å². The summed E-state index contributed by atoms with van der Waals surface area (Å²) in [7, 11) is 0. The van der Waals surface area contributed by atoms with Gasteiger partial charge in [0.05, 0.1) is 6.04 Å². The van der Waals surface area contributed by atoms with Crippen LogP contribution in [0.15, 0.2) is 24.3 Å². The standard InChI is InChI=1S/C15H23NOS/c1-14(2,3)18(17)16-13-10-15(4,5)12-9-7-6-8-11(12)13/h6-9,13,16H,10H2,1-5H3. The maximum absolute atomic E-state index is 12.2. The lowest BCUT2D eigenvalue weighted by atomic mass is 9.87. The molecular weight excluding hydrogens is 242 g/mol. The van der Waals surface area contributed by atoms with Crippen LogP contribution in [0.1, 0.15) is 58.2 Å². The van der Waals surface area contributed by atoms with Crippen LogP contribution in [0, 0.1) is 0 Å². The maximum atomic E-state index is 12.2. The van der Waals surface area contributed by atoms with Gasteiger partial charge in [-0.2, -0.15) is 0 Å². The van der Waals surface area contributed by atoms with Gasteiger partial charge in [-0.1, -0.05) is 38.1 Å². The highest BCUT2D eigenvalue weighted by Crippen LogP contribution is 2.44. The molecule has 1 aliphatic carbocycles. The highest BCUT2D eigenvalue weighted by atomic mass is 32.2. The minimum Gasteiger partial charge on any atom is -0.598 e. The molecule has 0 radical (unpaired) electrons. The molecule has 0 fully saturated rings. The number of hydrogen-bond donors (Lipinski definition) is 1. The van der Waals surface area contributed by atoms with Crippen molar-refractivity contribution < 1.29 is 4.55 Å². The molecular formula is C15H23NOS. The molecule has 1 aromatic carbocycles. The van der Waals surface area contributed by atoms with Crippen LogP contribution >= 0.6 is 0 Å². The number of benzene rings is 1. The predicted molar refractivity (Wildman–Crippen MR) is 77.9 cm³/mol. The average Bonchev–Trinajstić information content (AvgIpc) is 2.50. The van der Waals surface area contributed by atoms with Crippen LogP contribution in [-0.2, 0) is 16.8 Å². The maximum Gasteiger partial charge on any atom is 0.136 e. The number of nitrogens with one attached hydrogen (secondary N) is 1. The Labute approximate surface area is 113 Å². The molecule has 100 valence electrons. The van der Waals surface area contributed by atoms with Crippen molar-refractivity contribution in [2.75, 3.05) is 0 Å². The van der Waals surface area contributed by atoms with Crippen molar-refractivity contribution >= 4 is 11.4 Å². The summed E-state index contributed by atoms with van der Waals surface area (Å²) in [5.74, 6) is 0. The van der Waals surface area contributed by atoms with Gasteiger partial charge in [-0.25, -0.2) is 0 Å². The van der Waals surface area contributed by atoms with E-state index in [1.165, 1.54) is 11.1 Å². The zero-order chi connectivity index (χ0) is 13.6. The molecule has 2 nitrogen and oxygen atoms in total. The van der Waals surface area contributed by atoms with Crippen LogP contribution in [0.5, 0.6) is 0 Å². The van der Waals surface area contributed by atoms with E-state index in [-0.39, 0.29) is 16.2 Å². The van der Waals surface area contributed by atoms with Crippen molar-refractivity contribution in [2.24, 2.45) is 0 Å². The van der Waals surface area contributed by atoms with Crippen LogP contribution in [0.2, 0.25) is 0 Å². The fourth-order valence-corrected chi connectivity index (χ4v) is 3.38. The van der Waals surface area contributed by atoms with Crippen LogP contribution in [-0.4, -0.2) is 9.30 Å². The van der Waals surface area contributed by atoms with E-state index < -0.39 is 11.4 Å². The summed E-state index contributed by atoms with van der Waals surface area (Å²) < 4.78 is 15.3. The first-order valence-corrected chi connectivity index (χ1v) is 7.64. The van der Waals surface area contributed by atoms with Gasteiger partial charge >= 0.3 is 0 Å². The molecule has 0 spiro atoms. The van der Waals surface area contributed by atoms with Gasteiger partial charge in [0, 0.05) is 11.4 Å². The van der Waals surface area contributed by atoms with E-state index in [2.05, 4.69) is 42.8 Å². The van der Waals surface area contributed by atoms with Gasteiger partial charge in [-0.3, -0.25) is 0 Å². The third kappa shape index (κ3) is 2.58. The molecule has 0 heterocycles. The highest BCUT2D eigenvalue weighted by molar-refractivity contribution is 7.90. The molecule has 0 aliphatic heterocycles. The highest BCUT2D eigenvalue weighted by Gasteiger charge is 2.40. The molecule has 1 aliphatic rings. The minimum absolute atomic E-state index is 0.163. The third-order valence-electron chi connectivity index (χ3n) is 3.59. The molecule has 0 saturated carbocycles. The van der Waals surface area contributed by atoms with Gasteiger partial charge in [0.15, 0.2) is 0 Å². The molecule has 1 aromatic rings. The van der Waals surface area contributed by atoms with Crippen molar-refractivity contribution in [2.45, 2.75) is 57.2 Å². The Balaban J connectivity index is 2.23. The summed E-state index contributed by atoms with van der Waals surface area (Å²) in [6, 6.07) is 8.70. The van der Waals surface area contributed by atoms with E-state index in [1.807, 2.05) is 20.8 Å². The van der Waals surface area contributed by atoms with Gasteiger partial charge in [0.25, 0.3) is 0 Å². The Hall–Kier alpha value is -0.510. The Morgan fingerprint density at radius 1 is 1.28 bits per heavy atom. The quantitative estimate of drug-likeness (QED) is 0.831. The molecule has 3 heteroatoms. The summed E-state index contributed by atoms with van der Waals surface area (Å²) in [5, 5.41) is 0. The lowest BCUT2D eigenvalue weighted by molar-refractivity contribution is 0.452. The summed E-state index contributed by atoms with van der Waals surface area (Å²) in [6.07, 6.45) is 1.01. The molecule has 0 saturated heterocycles. The molecule has 1 N–H and O–H groups in total. The smallest absolute Gasteiger partial charge is 0.136 e. The van der Waals surface area contributed by atoms with Gasteiger partial charge < -0.3 is 4.55 Å². The van der Waals surface area contributed by atoms with Gasteiger partial charge in [0.1, 0.15) is 4.75 Å². The van der Waals surface area contributed by atoms with Gasteiger partial charge in [-0.15, -0.1) is 4.72 Å². The molecule has 0 aromatic heterocycles. The molecule has 18 heavy (non-hydrogen) atoms. The number of rotatable bonds is 2. The Kier molecular flexibility index (Phi) is 3.52. The van der Waals surface area contributed by atoms with Crippen LogP contribution < -0.4 is 4.72 Å². The third-order valence-corrected chi connectivity index (χ3v) is 5.20. The van der Waals surface area contributed by atoms with E-state index in [0.717, 1.165) is 6.42 Å². The Morgan fingerprint density at radius 3 is 2.50 bits per heavy atom. The molecule has 2 rings (SSSR count). The first kappa shape index (κ1) is 13.9. The Morgan fingerprint density at radius 2 is 1.89 bits per heavy atom. The van der Waals surface area contributed by atoms with Crippen molar-refractivity contribution in [3.63, 3.8) is 0 Å². The topological polar surface area (TPSA) is 35.1 Å². The molecule has 2 atom stereocenters. The molecule has 0 amide bonds. The zero-order valence-electron chi connectivity index (χ0n) is 11.9.